The van der Waals surface area contributed by atoms with Crippen molar-refractivity contribution in [1.29, 1.82) is 0 Å². The molecular formula is C37H40BNO6. The van der Waals surface area contributed by atoms with Gasteiger partial charge in [-0.05, 0) is 116 Å². The van der Waals surface area contributed by atoms with Crippen molar-refractivity contribution in [1.82, 2.24) is 0 Å². The van der Waals surface area contributed by atoms with Crippen molar-refractivity contribution in [3.8, 4) is 11.5 Å². The number of fused-ring (bicyclic) bond motifs is 3. The van der Waals surface area contributed by atoms with Gasteiger partial charge in [-0.3, -0.25) is 14.5 Å². The monoisotopic (exact) mass is 605 g/mol. The van der Waals surface area contributed by atoms with Crippen LogP contribution in [0.25, 0.3) is 6.08 Å². The number of para-hydroxylation sites is 2. The minimum atomic E-state index is -1.04. The molecule has 7 nitrogen and oxygen atoms in total. The van der Waals surface area contributed by atoms with E-state index in [0.717, 1.165) is 46.4 Å². The van der Waals surface area contributed by atoms with Crippen molar-refractivity contribution in [3.63, 3.8) is 0 Å². The molecule has 1 aliphatic carbocycles. The van der Waals surface area contributed by atoms with E-state index in [-0.39, 0.29) is 30.7 Å². The number of phenols is 1. The first-order valence-electron chi connectivity index (χ1n) is 15.9. The number of hydrogen-bond acceptors (Lipinski definition) is 6. The molecule has 3 aromatic rings. The molecule has 2 fully saturated rings. The fraction of sp³-hybridized carbons (Fsp3) is 0.351. The Balaban J connectivity index is 1.32. The molecule has 3 aromatic carbocycles. The first kappa shape index (κ1) is 30.9. The van der Waals surface area contributed by atoms with Gasteiger partial charge < -0.3 is 19.5 Å². The molecule has 0 unspecified atom stereocenters. The van der Waals surface area contributed by atoms with Crippen LogP contribution in [-0.2, 0) is 14.2 Å². The number of imide groups is 1. The number of aryl methyl sites for hydroxylation is 2. The Kier molecular flexibility index (Phi) is 8.97. The number of aromatic hydroxyl groups is 1. The Morgan fingerprint density at radius 3 is 2.33 bits per heavy atom. The molecule has 0 bridgehead atoms. The van der Waals surface area contributed by atoms with Crippen molar-refractivity contribution in [3.05, 3.63) is 106 Å². The Hall–Kier alpha value is -4.14. The topological polar surface area (TPSA) is 96.3 Å². The van der Waals surface area contributed by atoms with Crippen LogP contribution in [0.4, 0.5) is 5.69 Å². The third kappa shape index (κ3) is 6.22. The molecule has 45 heavy (non-hydrogen) atoms. The molecule has 0 aromatic heterocycles. The third-order valence-corrected chi connectivity index (χ3v) is 9.54. The van der Waals surface area contributed by atoms with E-state index < -0.39 is 25.1 Å². The number of amides is 2. The van der Waals surface area contributed by atoms with Gasteiger partial charge in [-0.15, -0.1) is 0 Å². The van der Waals surface area contributed by atoms with Crippen LogP contribution in [0.3, 0.4) is 0 Å². The average Bonchev–Trinajstić information content (AvgIpc) is 3.30. The zero-order chi connectivity index (χ0) is 31.7. The molecule has 4 atom stereocenters. The highest BCUT2D eigenvalue weighted by Gasteiger charge is 2.57. The fourth-order valence-corrected chi connectivity index (χ4v) is 7.39. The summed E-state index contributed by atoms with van der Waals surface area (Å²) in [5.41, 5.74) is 6.48. The fourth-order valence-electron chi connectivity index (χ4n) is 7.39. The van der Waals surface area contributed by atoms with Gasteiger partial charge in [0.2, 0.25) is 11.8 Å². The van der Waals surface area contributed by atoms with Gasteiger partial charge in [0.05, 0.1) is 23.6 Å². The number of hydrogen-bond donors (Lipinski definition) is 2. The predicted octanol–water partition coefficient (Wildman–Crippen LogP) is 6.66. The lowest BCUT2D eigenvalue weighted by molar-refractivity contribution is -0.122. The molecule has 0 radical (unpaired) electrons. The number of benzene rings is 3. The number of ether oxygens (including phenoxy) is 1. The minimum absolute atomic E-state index is 0.194. The van der Waals surface area contributed by atoms with E-state index in [1.54, 1.807) is 12.1 Å². The van der Waals surface area contributed by atoms with Gasteiger partial charge >= 0.3 is 7.12 Å². The number of carbonyl (C=O) groups is 2. The zero-order valence-corrected chi connectivity index (χ0v) is 26.1. The van der Waals surface area contributed by atoms with E-state index in [2.05, 4.69) is 13.0 Å². The van der Waals surface area contributed by atoms with E-state index in [0.29, 0.717) is 24.3 Å². The van der Waals surface area contributed by atoms with Crippen LogP contribution in [-0.4, -0.2) is 41.8 Å². The van der Waals surface area contributed by atoms with Gasteiger partial charge in [-0.25, -0.2) is 0 Å². The maximum Gasteiger partial charge on any atom is 0.455 e. The summed E-state index contributed by atoms with van der Waals surface area (Å²) >= 11 is 0. The average molecular weight is 606 g/mol. The summed E-state index contributed by atoms with van der Waals surface area (Å²) < 4.78 is 12.5. The quantitative estimate of drug-likeness (QED) is 0.161. The van der Waals surface area contributed by atoms with Gasteiger partial charge in [0, 0.05) is 0 Å². The van der Waals surface area contributed by atoms with E-state index >= 15 is 0 Å². The molecule has 8 heteroatoms. The number of nitrogens with zero attached hydrogens (tertiary/aromatic N) is 1. The van der Waals surface area contributed by atoms with Crippen molar-refractivity contribution in [2.75, 3.05) is 11.5 Å². The summed E-state index contributed by atoms with van der Waals surface area (Å²) in [5, 5.41) is 21.2. The number of rotatable bonds is 9. The second-order valence-electron chi connectivity index (χ2n) is 12.5. The number of anilines is 1. The second kappa shape index (κ2) is 13.1. The van der Waals surface area contributed by atoms with E-state index in [1.165, 1.54) is 10.5 Å². The summed E-state index contributed by atoms with van der Waals surface area (Å²) in [4.78, 5) is 29.2. The first-order valence-corrected chi connectivity index (χ1v) is 15.9. The van der Waals surface area contributed by atoms with Crippen LogP contribution < -0.4 is 9.64 Å². The smallest absolute Gasteiger partial charge is 0.455 e. The van der Waals surface area contributed by atoms with Crippen LogP contribution in [0.5, 0.6) is 11.5 Å². The molecule has 0 saturated carbocycles. The summed E-state index contributed by atoms with van der Waals surface area (Å²) in [7, 11) is -1.04. The van der Waals surface area contributed by atoms with Gasteiger partial charge in [0.1, 0.15) is 18.1 Å². The SMILES string of the molecule is CC/C(=C\c1cc(C)c(O)c(C)c1)CC[C@H]1OB(O)C[C@H]2C1=C(COc1ccccc1)C[C@H]1C(=O)N(c3ccccc3)C(=O)[C@H]12. The normalized spacial score (nSPS) is 23.3. The van der Waals surface area contributed by atoms with Crippen LogP contribution in [0.15, 0.2) is 89.5 Å². The van der Waals surface area contributed by atoms with Crippen LogP contribution >= 0.6 is 0 Å². The molecule has 3 aliphatic rings. The van der Waals surface area contributed by atoms with Gasteiger partial charge in [-0.1, -0.05) is 55.0 Å². The second-order valence-corrected chi connectivity index (χ2v) is 12.5. The van der Waals surface area contributed by atoms with Crippen molar-refractivity contribution in [2.24, 2.45) is 17.8 Å². The Labute approximate surface area is 265 Å². The minimum Gasteiger partial charge on any atom is -0.507 e. The number of allylic oxidation sites excluding steroid dienone is 1. The molecule has 2 heterocycles. The standard InChI is InChI=1S/C37H40BNO6/c1-4-25(19-26-17-23(2)35(40)24(3)18-26)15-16-32-33-27(22-44-29-13-9-6-10-14-29)20-30-34(31(33)21-38(43)45-32)37(42)39(36(30)41)28-11-7-5-8-12-28/h5-14,17-19,30-32,34,40,43H,4,15-16,20-22H2,1-3H3/b25-19+/t30-,31+,32-,34-/m1/s1. The Bertz CT molecular complexity index is 1610. The molecule has 2 amide bonds. The van der Waals surface area contributed by atoms with Crippen LogP contribution in [0, 0.1) is 31.6 Å². The van der Waals surface area contributed by atoms with Gasteiger partial charge in [0.15, 0.2) is 0 Å². The van der Waals surface area contributed by atoms with Crippen molar-refractivity contribution >= 4 is 30.7 Å². The summed E-state index contributed by atoms with van der Waals surface area (Å²) in [6.45, 7) is 6.21. The lowest BCUT2D eigenvalue weighted by Crippen LogP contribution is -2.46. The molecule has 2 aliphatic heterocycles. The molecular weight excluding hydrogens is 565 g/mol. The highest BCUT2D eigenvalue weighted by atomic mass is 16.5. The lowest BCUT2D eigenvalue weighted by Gasteiger charge is -2.43. The van der Waals surface area contributed by atoms with Crippen LogP contribution in [0.1, 0.15) is 49.3 Å². The largest absolute Gasteiger partial charge is 0.507 e. The molecule has 232 valence electrons. The zero-order valence-electron chi connectivity index (χ0n) is 26.1. The predicted molar refractivity (Wildman–Crippen MR) is 176 cm³/mol. The van der Waals surface area contributed by atoms with E-state index in [1.807, 2.05) is 74.5 Å². The van der Waals surface area contributed by atoms with Gasteiger partial charge in [0.25, 0.3) is 0 Å². The molecule has 0 spiro atoms. The van der Waals surface area contributed by atoms with E-state index in [4.69, 9.17) is 9.39 Å². The Morgan fingerprint density at radius 2 is 1.67 bits per heavy atom. The number of carbonyl (C=O) groups excluding carboxylic acids is 2. The highest BCUT2D eigenvalue weighted by Crippen LogP contribution is 2.51. The molecule has 2 N–H and O–H groups in total. The van der Waals surface area contributed by atoms with Gasteiger partial charge in [-0.2, -0.15) is 0 Å². The molecule has 2 saturated heterocycles. The molecule has 6 rings (SSSR count). The first-order chi connectivity index (χ1) is 21.7. The Morgan fingerprint density at radius 1 is 1.00 bits per heavy atom. The lowest BCUT2D eigenvalue weighted by atomic mass is 9.58. The summed E-state index contributed by atoms with van der Waals surface area (Å²) in [6.07, 6.45) is 4.60. The van der Waals surface area contributed by atoms with Crippen molar-refractivity contribution in [2.45, 2.75) is 58.9 Å². The third-order valence-electron chi connectivity index (χ3n) is 9.54. The maximum atomic E-state index is 14.0. The van der Waals surface area contributed by atoms with Crippen LogP contribution in [0.2, 0.25) is 6.32 Å². The summed E-state index contributed by atoms with van der Waals surface area (Å²) in [6, 6.07) is 22.6. The van der Waals surface area contributed by atoms with Crippen molar-refractivity contribution < 1.29 is 29.1 Å². The number of phenolic OH excluding ortho intramolecular Hbond substituents is 1. The van der Waals surface area contributed by atoms with E-state index in [9.17, 15) is 19.7 Å². The maximum absolute atomic E-state index is 14.0. The summed E-state index contributed by atoms with van der Waals surface area (Å²) in [5.74, 6) is -0.749. The highest BCUT2D eigenvalue weighted by molar-refractivity contribution is 6.43.